The summed E-state index contributed by atoms with van der Waals surface area (Å²) in [6.45, 7) is 0. The summed E-state index contributed by atoms with van der Waals surface area (Å²) >= 11 is 11.8. The Morgan fingerprint density at radius 2 is 1.74 bits per heavy atom. The van der Waals surface area contributed by atoms with Crippen molar-refractivity contribution >= 4 is 40.5 Å². The normalized spacial score (nSPS) is 10.3. The van der Waals surface area contributed by atoms with Gasteiger partial charge in [0.2, 0.25) is 0 Å². The van der Waals surface area contributed by atoms with Crippen molar-refractivity contribution in [3.63, 3.8) is 0 Å². The lowest BCUT2D eigenvalue weighted by molar-refractivity contribution is -0.384. The maximum absolute atomic E-state index is 12.5. The van der Waals surface area contributed by atoms with Crippen LogP contribution in [0.4, 0.5) is 11.4 Å². The summed E-state index contributed by atoms with van der Waals surface area (Å²) in [6.07, 6.45) is 0. The van der Waals surface area contributed by atoms with E-state index in [0.717, 1.165) is 6.07 Å². The van der Waals surface area contributed by atoms with Gasteiger partial charge in [-0.25, -0.2) is 0 Å². The smallest absolute Gasteiger partial charge is 0.288 e. The number of nitro groups is 1. The zero-order valence-corrected chi connectivity index (χ0v) is 15.2. The van der Waals surface area contributed by atoms with Crippen LogP contribution in [-0.4, -0.2) is 10.8 Å². The molecule has 0 bridgehead atoms. The highest BCUT2D eigenvalue weighted by molar-refractivity contribution is 6.33. The Morgan fingerprint density at radius 3 is 2.44 bits per heavy atom. The lowest BCUT2D eigenvalue weighted by Crippen LogP contribution is -2.13. The predicted molar refractivity (Wildman–Crippen MR) is 104 cm³/mol. The van der Waals surface area contributed by atoms with Crippen LogP contribution < -0.4 is 10.1 Å². The minimum absolute atomic E-state index is 0.0487. The Kier molecular flexibility index (Phi) is 5.59. The Labute approximate surface area is 164 Å². The number of nitrogens with zero attached hydrogens (tertiary/aromatic N) is 1. The van der Waals surface area contributed by atoms with Gasteiger partial charge < -0.3 is 10.1 Å². The molecule has 0 fully saturated rings. The molecule has 0 unspecified atom stereocenters. The van der Waals surface area contributed by atoms with Crippen LogP contribution in [0, 0.1) is 10.1 Å². The molecule has 8 heteroatoms. The third-order valence-corrected chi connectivity index (χ3v) is 4.12. The molecule has 1 N–H and O–H groups in total. The van der Waals surface area contributed by atoms with Crippen molar-refractivity contribution in [2.45, 2.75) is 0 Å². The molecule has 3 rings (SSSR count). The van der Waals surface area contributed by atoms with Gasteiger partial charge in [-0.15, -0.1) is 0 Å². The molecule has 0 saturated carbocycles. The average Bonchev–Trinajstić information content (AvgIpc) is 2.65. The van der Waals surface area contributed by atoms with E-state index in [0.29, 0.717) is 22.2 Å². The number of ether oxygens (including phenoxy) is 1. The molecule has 136 valence electrons. The van der Waals surface area contributed by atoms with Gasteiger partial charge in [0.05, 0.1) is 10.6 Å². The number of nitro benzene ring substituents is 1. The summed E-state index contributed by atoms with van der Waals surface area (Å²) in [6, 6.07) is 17.6. The highest BCUT2D eigenvalue weighted by atomic mass is 35.5. The van der Waals surface area contributed by atoms with Crippen molar-refractivity contribution in [1.82, 2.24) is 0 Å². The third-order valence-electron chi connectivity index (χ3n) is 3.57. The Hall–Kier alpha value is -3.09. The van der Waals surface area contributed by atoms with Crippen LogP contribution >= 0.6 is 23.2 Å². The van der Waals surface area contributed by atoms with Gasteiger partial charge in [0.25, 0.3) is 11.6 Å². The van der Waals surface area contributed by atoms with Crippen LogP contribution in [0.2, 0.25) is 10.0 Å². The van der Waals surface area contributed by atoms with Gasteiger partial charge in [-0.3, -0.25) is 14.9 Å². The fraction of sp³-hybridized carbons (Fsp3) is 0. The van der Waals surface area contributed by atoms with Gasteiger partial charge in [0.1, 0.15) is 10.8 Å². The van der Waals surface area contributed by atoms with Crippen LogP contribution in [0.5, 0.6) is 11.5 Å². The summed E-state index contributed by atoms with van der Waals surface area (Å²) in [5, 5.41) is 14.0. The number of carbonyl (C=O) groups excluding carboxylic acids is 1. The average molecular weight is 403 g/mol. The molecule has 0 heterocycles. The van der Waals surface area contributed by atoms with Gasteiger partial charge >= 0.3 is 0 Å². The topological polar surface area (TPSA) is 81.5 Å². The highest BCUT2D eigenvalue weighted by Gasteiger charge is 2.17. The Morgan fingerprint density at radius 1 is 1.00 bits per heavy atom. The Bertz CT molecular complexity index is 1010. The number of hydrogen-bond donors (Lipinski definition) is 1. The molecule has 0 spiro atoms. The summed E-state index contributed by atoms with van der Waals surface area (Å²) in [4.78, 5) is 22.9. The van der Waals surface area contributed by atoms with E-state index < -0.39 is 10.8 Å². The molecule has 27 heavy (non-hydrogen) atoms. The lowest BCUT2D eigenvalue weighted by atomic mass is 10.2. The minimum Gasteiger partial charge on any atom is -0.455 e. The molecule has 0 aliphatic heterocycles. The molecule has 1 amide bonds. The number of amides is 1. The predicted octanol–water partition coefficient (Wildman–Crippen LogP) is 5.95. The van der Waals surface area contributed by atoms with Crippen molar-refractivity contribution < 1.29 is 14.5 Å². The molecule has 0 aliphatic rings. The van der Waals surface area contributed by atoms with E-state index in [1.165, 1.54) is 18.2 Å². The largest absolute Gasteiger partial charge is 0.455 e. The van der Waals surface area contributed by atoms with Crippen LogP contribution in [0.25, 0.3) is 0 Å². The minimum atomic E-state index is -0.650. The van der Waals surface area contributed by atoms with Crippen LogP contribution in [-0.2, 0) is 0 Å². The van der Waals surface area contributed by atoms with E-state index in [1.54, 1.807) is 24.3 Å². The molecule has 0 radical (unpaired) electrons. The van der Waals surface area contributed by atoms with Crippen LogP contribution in [0.1, 0.15) is 10.4 Å². The first kappa shape index (κ1) is 18.7. The van der Waals surface area contributed by atoms with Gasteiger partial charge in [0.15, 0.2) is 5.75 Å². The molecule has 0 aliphatic carbocycles. The number of rotatable bonds is 5. The standard InChI is InChI=1S/C19H12Cl2N2O4/c20-13-7-9-18(27-14-4-2-1-3-5-14)16(11-13)22-19(24)12-6-8-15(21)17(10-12)23(25)26/h1-11H,(H,22,24). The summed E-state index contributed by atoms with van der Waals surface area (Å²) in [5.74, 6) is 0.398. The number of nitrogens with one attached hydrogen (secondary N) is 1. The fourth-order valence-corrected chi connectivity index (χ4v) is 2.65. The van der Waals surface area contributed by atoms with E-state index in [4.69, 9.17) is 27.9 Å². The maximum Gasteiger partial charge on any atom is 0.288 e. The van der Waals surface area contributed by atoms with Gasteiger partial charge in [-0.1, -0.05) is 41.4 Å². The second-order valence-electron chi connectivity index (χ2n) is 5.43. The van der Waals surface area contributed by atoms with E-state index in [9.17, 15) is 14.9 Å². The van der Waals surface area contributed by atoms with Crippen molar-refractivity contribution in [3.05, 3.63) is 92.5 Å². The highest BCUT2D eigenvalue weighted by Crippen LogP contribution is 2.33. The number of carbonyl (C=O) groups is 1. The van der Waals surface area contributed by atoms with Crippen molar-refractivity contribution in [3.8, 4) is 11.5 Å². The number of anilines is 1. The van der Waals surface area contributed by atoms with Crippen molar-refractivity contribution in [1.29, 1.82) is 0 Å². The molecule has 0 saturated heterocycles. The van der Waals surface area contributed by atoms with Crippen molar-refractivity contribution in [2.75, 3.05) is 5.32 Å². The van der Waals surface area contributed by atoms with Gasteiger partial charge in [-0.2, -0.15) is 0 Å². The van der Waals surface area contributed by atoms with E-state index in [-0.39, 0.29) is 16.3 Å². The zero-order chi connectivity index (χ0) is 19.4. The SMILES string of the molecule is O=C(Nc1cc(Cl)ccc1Oc1ccccc1)c1ccc(Cl)c([N+](=O)[O-])c1. The lowest BCUT2D eigenvalue weighted by Gasteiger charge is -2.13. The fourth-order valence-electron chi connectivity index (χ4n) is 2.29. The molecular formula is C19H12Cl2N2O4. The molecule has 0 atom stereocenters. The Balaban J connectivity index is 1.89. The summed E-state index contributed by atoms with van der Waals surface area (Å²) in [7, 11) is 0. The number of hydrogen-bond acceptors (Lipinski definition) is 4. The third kappa shape index (κ3) is 4.55. The van der Waals surface area contributed by atoms with Gasteiger partial charge in [0, 0.05) is 16.7 Å². The first-order valence-corrected chi connectivity index (χ1v) is 8.47. The monoisotopic (exact) mass is 402 g/mol. The quantitative estimate of drug-likeness (QED) is 0.422. The van der Waals surface area contributed by atoms with Crippen molar-refractivity contribution in [2.24, 2.45) is 0 Å². The molecule has 3 aromatic carbocycles. The second kappa shape index (κ2) is 8.07. The molecule has 0 aromatic heterocycles. The van der Waals surface area contributed by atoms with E-state index in [1.807, 2.05) is 18.2 Å². The molecular weight excluding hydrogens is 391 g/mol. The second-order valence-corrected chi connectivity index (χ2v) is 6.28. The first-order valence-electron chi connectivity index (χ1n) is 7.72. The molecule has 6 nitrogen and oxygen atoms in total. The number of para-hydroxylation sites is 1. The van der Waals surface area contributed by atoms with Crippen LogP contribution in [0.15, 0.2) is 66.7 Å². The molecule has 3 aromatic rings. The number of benzene rings is 3. The summed E-state index contributed by atoms with van der Waals surface area (Å²) in [5.41, 5.74) is 0.0573. The van der Waals surface area contributed by atoms with Crippen LogP contribution in [0.3, 0.4) is 0 Å². The summed E-state index contributed by atoms with van der Waals surface area (Å²) < 4.78 is 5.78. The van der Waals surface area contributed by atoms with E-state index >= 15 is 0 Å². The maximum atomic E-state index is 12.5. The van der Waals surface area contributed by atoms with Gasteiger partial charge in [-0.05, 0) is 42.5 Å². The number of halogens is 2. The van der Waals surface area contributed by atoms with E-state index in [2.05, 4.69) is 5.32 Å². The zero-order valence-electron chi connectivity index (χ0n) is 13.7. The first-order chi connectivity index (χ1) is 12.9.